The van der Waals surface area contributed by atoms with Gasteiger partial charge in [0, 0.05) is 15.1 Å². The zero-order chi connectivity index (χ0) is 17.7. The van der Waals surface area contributed by atoms with Crippen LogP contribution in [0.2, 0.25) is 10.0 Å². The molecule has 24 heavy (non-hydrogen) atoms. The summed E-state index contributed by atoms with van der Waals surface area (Å²) in [7, 11) is 0. The van der Waals surface area contributed by atoms with Crippen LogP contribution in [0.3, 0.4) is 0 Å². The maximum absolute atomic E-state index is 11.7. The highest BCUT2D eigenvalue weighted by atomic mass is 127. The number of carbonyl (C=O) groups is 1. The Bertz CT molecular complexity index is 803. The molecule has 0 radical (unpaired) electrons. The standard InChI is InChI=1S/C15H10BrCl2IN2O3/c16-9-3-8(15(23)12(19)4-9)6-20-21-14(22)7-24-13-2-1-10(17)5-11(13)18/h1-6,23H,7H2,(H,21,22)/b20-6+. The monoisotopic (exact) mass is 542 g/mol. The molecule has 5 nitrogen and oxygen atoms in total. The first-order valence-corrected chi connectivity index (χ1v) is 9.07. The van der Waals surface area contributed by atoms with Gasteiger partial charge in [-0.1, -0.05) is 39.1 Å². The van der Waals surface area contributed by atoms with Crippen molar-refractivity contribution in [2.45, 2.75) is 0 Å². The molecule has 0 aliphatic heterocycles. The summed E-state index contributed by atoms with van der Waals surface area (Å²) in [6, 6.07) is 8.14. The van der Waals surface area contributed by atoms with E-state index in [0.29, 0.717) is 24.9 Å². The second kappa shape index (κ2) is 8.89. The molecule has 0 bridgehead atoms. The van der Waals surface area contributed by atoms with Crippen molar-refractivity contribution in [3.05, 3.63) is 54.0 Å². The molecule has 0 heterocycles. The van der Waals surface area contributed by atoms with Crippen LogP contribution in [-0.2, 0) is 4.79 Å². The van der Waals surface area contributed by atoms with Crippen molar-refractivity contribution in [3.63, 3.8) is 0 Å². The molecule has 2 N–H and O–H groups in total. The average Bonchev–Trinajstić information content (AvgIpc) is 2.51. The van der Waals surface area contributed by atoms with Crippen LogP contribution in [0.25, 0.3) is 0 Å². The lowest BCUT2D eigenvalue weighted by molar-refractivity contribution is -0.123. The van der Waals surface area contributed by atoms with Crippen LogP contribution in [0.4, 0.5) is 0 Å². The molecule has 0 fully saturated rings. The summed E-state index contributed by atoms with van der Waals surface area (Å²) >= 11 is 17.0. The van der Waals surface area contributed by atoms with Crippen molar-refractivity contribution in [3.8, 4) is 11.5 Å². The van der Waals surface area contributed by atoms with Crippen molar-refractivity contribution in [1.82, 2.24) is 5.43 Å². The smallest absolute Gasteiger partial charge is 0.277 e. The fraction of sp³-hybridized carbons (Fsp3) is 0.0667. The van der Waals surface area contributed by atoms with E-state index in [1.54, 1.807) is 24.3 Å². The molecule has 0 aliphatic carbocycles. The number of benzene rings is 2. The number of amides is 1. The fourth-order valence-electron chi connectivity index (χ4n) is 1.63. The third kappa shape index (κ3) is 5.51. The summed E-state index contributed by atoms with van der Waals surface area (Å²) in [5.74, 6) is -0.0400. The molecule has 126 valence electrons. The largest absolute Gasteiger partial charge is 0.506 e. The van der Waals surface area contributed by atoms with Gasteiger partial charge in [0.15, 0.2) is 6.61 Å². The van der Waals surface area contributed by atoms with Crippen LogP contribution in [0, 0.1) is 3.57 Å². The second-order valence-electron chi connectivity index (χ2n) is 4.48. The Balaban J connectivity index is 1.91. The average molecular weight is 544 g/mol. The number of nitrogens with one attached hydrogen (secondary N) is 1. The lowest BCUT2D eigenvalue weighted by atomic mass is 10.2. The highest BCUT2D eigenvalue weighted by Gasteiger charge is 2.07. The third-order valence-electron chi connectivity index (χ3n) is 2.70. The lowest BCUT2D eigenvalue weighted by Gasteiger charge is -2.07. The molecule has 9 heteroatoms. The Morgan fingerprint density at radius 1 is 1.38 bits per heavy atom. The minimum absolute atomic E-state index is 0.0843. The molecule has 0 aromatic heterocycles. The van der Waals surface area contributed by atoms with Gasteiger partial charge >= 0.3 is 0 Å². The third-order valence-corrected chi connectivity index (χ3v) is 4.51. The van der Waals surface area contributed by atoms with Gasteiger partial charge in [0.05, 0.1) is 14.8 Å². The van der Waals surface area contributed by atoms with Crippen LogP contribution in [0.15, 0.2) is 39.9 Å². The van der Waals surface area contributed by atoms with E-state index in [0.717, 1.165) is 4.47 Å². The molecule has 0 atom stereocenters. The number of aromatic hydroxyl groups is 1. The number of hydrogen-bond acceptors (Lipinski definition) is 4. The molecule has 2 aromatic rings. The van der Waals surface area contributed by atoms with Gasteiger partial charge in [-0.15, -0.1) is 0 Å². The van der Waals surface area contributed by atoms with Gasteiger partial charge in [-0.05, 0) is 52.9 Å². The summed E-state index contributed by atoms with van der Waals surface area (Å²) in [5, 5.41) is 14.5. The van der Waals surface area contributed by atoms with E-state index in [2.05, 4.69) is 26.5 Å². The zero-order valence-electron chi connectivity index (χ0n) is 11.9. The van der Waals surface area contributed by atoms with Gasteiger partial charge in [-0.3, -0.25) is 4.79 Å². The molecule has 0 aliphatic rings. The van der Waals surface area contributed by atoms with Crippen molar-refractivity contribution >= 4 is 73.8 Å². The van der Waals surface area contributed by atoms with Crippen molar-refractivity contribution in [2.24, 2.45) is 5.10 Å². The van der Waals surface area contributed by atoms with Crippen LogP contribution in [-0.4, -0.2) is 23.8 Å². The molecule has 2 rings (SSSR count). The minimum Gasteiger partial charge on any atom is -0.506 e. The lowest BCUT2D eigenvalue weighted by Crippen LogP contribution is -2.24. The van der Waals surface area contributed by atoms with E-state index in [1.807, 2.05) is 22.6 Å². The number of phenols is 1. The van der Waals surface area contributed by atoms with Crippen LogP contribution in [0.1, 0.15) is 5.56 Å². The second-order valence-corrected chi connectivity index (χ2v) is 7.40. The van der Waals surface area contributed by atoms with E-state index in [1.165, 1.54) is 12.3 Å². The fourth-order valence-corrected chi connectivity index (χ4v) is 3.64. The van der Waals surface area contributed by atoms with Gasteiger partial charge in [0.25, 0.3) is 5.91 Å². The van der Waals surface area contributed by atoms with Crippen LogP contribution >= 0.6 is 61.7 Å². The Morgan fingerprint density at radius 2 is 2.12 bits per heavy atom. The first-order chi connectivity index (χ1) is 11.4. The molecule has 2 aromatic carbocycles. The Morgan fingerprint density at radius 3 is 2.83 bits per heavy atom. The summed E-state index contributed by atoms with van der Waals surface area (Å²) < 4.78 is 6.74. The number of hydrazone groups is 1. The number of rotatable bonds is 5. The Labute approximate surface area is 170 Å². The minimum atomic E-state index is -0.471. The van der Waals surface area contributed by atoms with Crippen molar-refractivity contribution < 1.29 is 14.6 Å². The number of carbonyl (C=O) groups excluding carboxylic acids is 1. The predicted octanol–water partition coefficient (Wildman–Crippen LogP) is 4.60. The summed E-state index contributed by atoms with van der Waals surface area (Å²) in [6.07, 6.45) is 1.34. The maximum atomic E-state index is 11.7. The zero-order valence-corrected chi connectivity index (χ0v) is 17.1. The normalized spacial score (nSPS) is 10.8. The predicted molar refractivity (Wildman–Crippen MR) is 106 cm³/mol. The van der Waals surface area contributed by atoms with Gasteiger partial charge in [-0.25, -0.2) is 5.43 Å². The van der Waals surface area contributed by atoms with E-state index in [-0.39, 0.29) is 12.4 Å². The topological polar surface area (TPSA) is 70.9 Å². The van der Waals surface area contributed by atoms with Crippen LogP contribution in [0.5, 0.6) is 11.5 Å². The molecule has 0 unspecified atom stereocenters. The van der Waals surface area contributed by atoms with Gasteiger partial charge in [-0.2, -0.15) is 5.10 Å². The number of nitrogens with zero attached hydrogens (tertiary/aromatic N) is 1. The molecule has 0 saturated heterocycles. The number of ether oxygens (including phenoxy) is 1. The van der Waals surface area contributed by atoms with Gasteiger partial charge in [0.2, 0.25) is 0 Å². The Kier molecular flexibility index (Phi) is 7.15. The van der Waals surface area contributed by atoms with E-state index >= 15 is 0 Å². The quantitative estimate of drug-likeness (QED) is 0.329. The van der Waals surface area contributed by atoms with Crippen molar-refractivity contribution in [1.29, 1.82) is 0 Å². The first kappa shape index (κ1) is 19.3. The number of phenolic OH excluding ortho intramolecular Hbond substituents is 1. The highest BCUT2D eigenvalue weighted by molar-refractivity contribution is 14.1. The van der Waals surface area contributed by atoms with Gasteiger partial charge in [0.1, 0.15) is 11.5 Å². The summed E-state index contributed by atoms with van der Waals surface area (Å²) in [6.45, 7) is -0.263. The van der Waals surface area contributed by atoms with E-state index in [9.17, 15) is 9.90 Å². The maximum Gasteiger partial charge on any atom is 0.277 e. The Hall–Kier alpha value is -1.03. The molecule has 1 amide bonds. The van der Waals surface area contributed by atoms with Crippen molar-refractivity contribution in [2.75, 3.05) is 6.61 Å². The molecular formula is C15H10BrCl2IN2O3. The van der Waals surface area contributed by atoms with E-state index in [4.69, 9.17) is 27.9 Å². The first-order valence-electron chi connectivity index (χ1n) is 6.44. The van der Waals surface area contributed by atoms with Gasteiger partial charge < -0.3 is 9.84 Å². The SMILES string of the molecule is O=C(COc1ccc(Cl)cc1Cl)N/N=C/c1cc(Br)cc(I)c1O. The molecule has 0 saturated carbocycles. The molecular weight excluding hydrogens is 534 g/mol. The number of halogens is 4. The van der Waals surface area contributed by atoms with E-state index < -0.39 is 5.91 Å². The summed E-state index contributed by atoms with van der Waals surface area (Å²) in [5.41, 5.74) is 2.77. The molecule has 0 spiro atoms. The number of hydrogen-bond donors (Lipinski definition) is 2. The van der Waals surface area contributed by atoms with Crippen LogP contribution < -0.4 is 10.2 Å². The summed E-state index contributed by atoms with van der Waals surface area (Å²) in [4.78, 5) is 11.7. The highest BCUT2D eigenvalue weighted by Crippen LogP contribution is 2.28.